The molecule has 0 bridgehead atoms. The number of ether oxygens (including phenoxy) is 1. The number of hydrogen-bond acceptors (Lipinski definition) is 3. The van der Waals surface area contributed by atoms with Gasteiger partial charge in [0.25, 0.3) is 5.91 Å². The average Bonchev–Trinajstić information content (AvgIpc) is 2.85. The van der Waals surface area contributed by atoms with Gasteiger partial charge in [0.2, 0.25) is 0 Å². The van der Waals surface area contributed by atoms with Gasteiger partial charge in [-0.1, -0.05) is 12.1 Å². The highest BCUT2D eigenvalue weighted by atomic mass is 35.5. The number of alkyl halides is 3. The lowest BCUT2D eigenvalue weighted by atomic mass is 10.1. The zero-order chi connectivity index (χ0) is 14.8. The fourth-order valence-corrected chi connectivity index (χ4v) is 2.22. The molecule has 0 spiro atoms. The topological polar surface area (TPSA) is 50.4 Å². The van der Waals surface area contributed by atoms with Crippen LogP contribution in [-0.2, 0) is 10.9 Å². The van der Waals surface area contributed by atoms with Gasteiger partial charge in [-0.25, -0.2) is 0 Å². The summed E-state index contributed by atoms with van der Waals surface area (Å²) in [5.41, 5.74) is -1.31. The van der Waals surface area contributed by atoms with Crippen LogP contribution < -0.4 is 10.6 Å². The number of amides is 1. The largest absolute Gasteiger partial charge is 0.417 e. The molecule has 0 aliphatic carbocycles. The van der Waals surface area contributed by atoms with E-state index in [1.165, 1.54) is 25.3 Å². The molecule has 21 heavy (non-hydrogen) atoms. The number of rotatable bonds is 3. The zero-order valence-electron chi connectivity index (χ0n) is 11.2. The molecule has 1 unspecified atom stereocenters. The summed E-state index contributed by atoms with van der Waals surface area (Å²) in [5, 5.41) is 5.60. The van der Waals surface area contributed by atoms with Crippen LogP contribution in [0.5, 0.6) is 0 Å². The predicted molar refractivity (Wildman–Crippen MR) is 73.6 cm³/mol. The van der Waals surface area contributed by atoms with Crippen molar-refractivity contribution in [2.45, 2.75) is 18.3 Å². The molecule has 118 valence electrons. The van der Waals surface area contributed by atoms with E-state index in [-0.39, 0.29) is 30.1 Å². The SMILES string of the molecule is CO[C@H]1CNCC1NC(=O)c1ccccc1C(F)(F)F.Cl. The van der Waals surface area contributed by atoms with Crippen molar-refractivity contribution in [2.75, 3.05) is 20.2 Å². The Morgan fingerprint density at radius 2 is 2.00 bits per heavy atom. The Morgan fingerprint density at radius 3 is 2.62 bits per heavy atom. The van der Waals surface area contributed by atoms with Crippen LogP contribution in [0, 0.1) is 0 Å². The Balaban J connectivity index is 0.00000220. The lowest BCUT2D eigenvalue weighted by Crippen LogP contribution is -2.44. The second-order valence-corrected chi connectivity index (χ2v) is 4.56. The van der Waals surface area contributed by atoms with Gasteiger partial charge in [0.05, 0.1) is 23.3 Å². The second-order valence-electron chi connectivity index (χ2n) is 4.56. The van der Waals surface area contributed by atoms with Crippen molar-refractivity contribution in [3.8, 4) is 0 Å². The summed E-state index contributed by atoms with van der Waals surface area (Å²) >= 11 is 0. The Morgan fingerprint density at radius 1 is 1.33 bits per heavy atom. The van der Waals surface area contributed by atoms with Crippen molar-refractivity contribution in [2.24, 2.45) is 0 Å². The van der Waals surface area contributed by atoms with Crippen molar-refractivity contribution in [3.05, 3.63) is 35.4 Å². The van der Waals surface area contributed by atoms with E-state index in [9.17, 15) is 18.0 Å². The molecule has 2 atom stereocenters. The molecular weight excluding hydrogens is 309 g/mol. The highest BCUT2D eigenvalue weighted by molar-refractivity contribution is 5.96. The van der Waals surface area contributed by atoms with Crippen molar-refractivity contribution >= 4 is 18.3 Å². The number of methoxy groups -OCH3 is 1. The van der Waals surface area contributed by atoms with E-state index in [0.717, 1.165) is 6.07 Å². The highest BCUT2D eigenvalue weighted by Gasteiger charge is 2.36. The molecule has 1 amide bonds. The van der Waals surface area contributed by atoms with Crippen LogP contribution in [0.4, 0.5) is 13.2 Å². The molecule has 1 saturated heterocycles. The third-order valence-corrected chi connectivity index (χ3v) is 3.25. The van der Waals surface area contributed by atoms with Crippen molar-refractivity contribution in [1.29, 1.82) is 0 Å². The first-order valence-corrected chi connectivity index (χ1v) is 6.14. The van der Waals surface area contributed by atoms with Gasteiger partial charge in [-0.15, -0.1) is 12.4 Å². The lowest BCUT2D eigenvalue weighted by molar-refractivity contribution is -0.137. The quantitative estimate of drug-likeness (QED) is 0.892. The fourth-order valence-electron chi connectivity index (χ4n) is 2.22. The van der Waals surface area contributed by atoms with E-state index in [0.29, 0.717) is 13.1 Å². The summed E-state index contributed by atoms with van der Waals surface area (Å²) in [7, 11) is 1.50. The van der Waals surface area contributed by atoms with E-state index < -0.39 is 17.6 Å². The second kappa shape index (κ2) is 7.11. The summed E-state index contributed by atoms with van der Waals surface area (Å²) in [6, 6.07) is 4.39. The van der Waals surface area contributed by atoms with E-state index in [4.69, 9.17) is 4.74 Å². The van der Waals surface area contributed by atoms with Crippen LogP contribution in [-0.4, -0.2) is 38.3 Å². The summed E-state index contributed by atoms with van der Waals surface area (Å²) in [5.74, 6) is -0.742. The van der Waals surface area contributed by atoms with Crippen LogP contribution in [0.2, 0.25) is 0 Å². The molecule has 1 fully saturated rings. The molecule has 2 rings (SSSR count). The molecule has 8 heteroatoms. The Kier molecular flexibility index (Phi) is 6.00. The number of halogens is 4. The first-order valence-electron chi connectivity index (χ1n) is 6.14. The molecule has 2 N–H and O–H groups in total. The van der Waals surface area contributed by atoms with Gasteiger partial charge in [0.1, 0.15) is 0 Å². The maximum Gasteiger partial charge on any atom is 0.417 e. The molecule has 1 aliphatic heterocycles. The first kappa shape index (κ1) is 17.7. The number of benzene rings is 1. The Hall–Kier alpha value is -1.31. The summed E-state index contributed by atoms with van der Waals surface area (Å²) in [6.45, 7) is 1.03. The van der Waals surface area contributed by atoms with Gasteiger partial charge >= 0.3 is 6.18 Å². The van der Waals surface area contributed by atoms with Gasteiger partial charge < -0.3 is 15.4 Å². The Labute approximate surface area is 126 Å². The smallest absolute Gasteiger partial charge is 0.378 e. The minimum Gasteiger partial charge on any atom is -0.378 e. The highest BCUT2D eigenvalue weighted by Crippen LogP contribution is 2.31. The molecule has 1 aliphatic rings. The van der Waals surface area contributed by atoms with E-state index in [2.05, 4.69) is 10.6 Å². The van der Waals surface area contributed by atoms with Crippen LogP contribution in [0.25, 0.3) is 0 Å². The molecule has 1 aromatic carbocycles. The van der Waals surface area contributed by atoms with Crippen molar-refractivity contribution in [1.82, 2.24) is 10.6 Å². The third-order valence-electron chi connectivity index (χ3n) is 3.25. The molecule has 4 nitrogen and oxygen atoms in total. The van der Waals surface area contributed by atoms with Crippen molar-refractivity contribution < 1.29 is 22.7 Å². The lowest BCUT2D eigenvalue weighted by Gasteiger charge is -2.20. The zero-order valence-corrected chi connectivity index (χ0v) is 12.1. The van der Waals surface area contributed by atoms with Gasteiger partial charge in [0, 0.05) is 20.2 Å². The van der Waals surface area contributed by atoms with Crippen LogP contribution in [0.1, 0.15) is 15.9 Å². The summed E-state index contributed by atoms with van der Waals surface area (Å²) in [4.78, 5) is 12.0. The Bertz CT molecular complexity index is 497. The predicted octanol–water partition coefficient (Wildman–Crippen LogP) is 1.84. The maximum absolute atomic E-state index is 12.8. The fraction of sp³-hybridized carbons (Fsp3) is 0.462. The molecule has 1 heterocycles. The minimum atomic E-state index is -4.55. The monoisotopic (exact) mass is 324 g/mol. The standard InChI is InChI=1S/C13H15F3N2O2.ClH/c1-20-11-7-17-6-10(11)18-12(19)8-4-2-3-5-9(8)13(14,15)16;/h2-5,10-11,17H,6-7H2,1H3,(H,18,19);1H/t10?,11-;/m0./s1. The van der Waals surface area contributed by atoms with Gasteiger partial charge in [-0.05, 0) is 12.1 Å². The van der Waals surface area contributed by atoms with E-state index >= 15 is 0 Å². The number of hydrogen-bond donors (Lipinski definition) is 2. The molecule has 0 aromatic heterocycles. The summed E-state index contributed by atoms with van der Waals surface area (Å²) < 4.78 is 43.7. The van der Waals surface area contributed by atoms with Gasteiger partial charge in [-0.2, -0.15) is 13.2 Å². The van der Waals surface area contributed by atoms with Crippen LogP contribution >= 0.6 is 12.4 Å². The molecule has 1 aromatic rings. The number of nitrogens with one attached hydrogen (secondary N) is 2. The van der Waals surface area contributed by atoms with Gasteiger partial charge in [-0.3, -0.25) is 4.79 Å². The molecule has 0 saturated carbocycles. The normalized spacial score (nSPS) is 21.7. The number of carbonyl (C=O) groups is 1. The van der Waals surface area contributed by atoms with Crippen LogP contribution in [0.15, 0.2) is 24.3 Å². The van der Waals surface area contributed by atoms with Crippen LogP contribution in [0.3, 0.4) is 0 Å². The molecular formula is C13H16ClF3N2O2. The third kappa shape index (κ3) is 4.09. The summed E-state index contributed by atoms with van der Waals surface area (Å²) in [6.07, 6.45) is -4.79. The van der Waals surface area contributed by atoms with E-state index in [1.807, 2.05) is 0 Å². The minimum absolute atomic E-state index is 0. The average molecular weight is 325 g/mol. The van der Waals surface area contributed by atoms with E-state index in [1.54, 1.807) is 0 Å². The first-order chi connectivity index (χ1) is 9.43. The number of carbonyl (C=O) groups excluding carboxylic acids is 1. The maximum atomic E-state index is 12.8. The van der Waals surface area contributed by atoms with Gasteiger partial charge in [0.15, 0.2) is 0 Å². The molecule has 0 radical (unpaired) electrons. The van der Waals surface area contributed by atoms with Crippen molar-refractivity contribution in [3.63, 3.8) is 0 Å².